The van der Waals surface area contributed by atoms with E-state index in [2.05, 4.69) is 9.76 Å². The van der Waals surface area contributed by atoms with E-state index in [4.69, 9.17) is 22.2 Å². The lowest BCUT2D eigenvalue weighted by molar-refractivity contribution is 3.93. The van der Waals surface area contributed by atoms with Gasteiger partial charge in [-0.15, -0.1) is 0 Å². The minimum Gasteiger partial charge on any atom is -0.152 e. The molecule has 0 saturated heterocycles. The molecule has 0 aliphatic rings. The third kappa shape index (κ3) is 5.23. The van der Waals surface area contributed by atoms with Crippen molar-refractivity contribution in [3.8, 4) is 0 Å². The van der Waals surface area contributed by atoms with Gasteiger partial charge in [0.2, 0.25) is 6.93 Å². The largest absolute Gasteiger partial charge is 0.249 e. The van der Waals surface area contributed by atoms with Crippen LogP contribution in [0.15, 0.2) is 0 Å². The first-order chi connectivity index (χ1) is 2.27. The monoisotopic (exact) mass is 154 g/mol. The van der Waals surface area contributed by atoms with Gasteiger partial charge >= 0.3 is 0 Å². The number of hydrogen-bond donors (Lipinski definition) is 0. The van der Waals surface area contributed by atoms with Crippen LogP contribution >= 0.6 is 22.2 Å². The highest BCUT2D eigenvalue weighted by molar-refractivity contribution is 7.63. The van der Waals surface area contributed by atoms with E-state index in [0.717, 1.165) is 0 Å². The molecule has 0 spiro atoms. The molecule has 0 aliphatic heterocycles. The molecule has 26 valence electrons. The fourth-order valence-corrected chi connectivity index (χ4v) is 0. The molecule has 0 saturated carbocycles. The average Bonchev–Trinajstić information content (AvgIpc) is 1.38. The maximum atomic E-state index is 5.29. The number of halogens is 2. The van der Waals surface area contributed by atoms with E-state index in [9.17, 15) is 0 Å². The summed E-state index contributed by atoms with van der Waals surface area (Å²) in [6.45, 7) is -0.988. The highest BCUT2D eigenvalue weighted by Crippen LogP contribution is 1.87. The predicted octanol–water partition coefficient (Wildman–Crippen LogP) is 0.237. The SMILES string of the molecule is [Si][Si][Si](Cl)Cl. The molecule has 0 fully saturated rings. The molecular weight excluding hydrogens is 155 g/mol. The summed E-state index contributed by atoms with van der Waals surface area (Å²) >= 11 is 10.6. The summed E-state index contributed by atoms with van der Waals surface area (Å²) in [4.78, 5) is 0. The fourth-order valence-electron chi connectivity index (χ4n) is 0. The summed E-state index contributed by atoms with van der Waals surface area (Å²) in [6, 6.07) is 0. The molecule has 5 heteroatoms. The van der Waals surface area contributed by atoms with Crippen molar-refractivity contribution in [3.05, 3.63) is 0 Å². The minimum atomic E-state index is -0.988. The first kappa shape index (κ1) is 6.23. The molecule has 0 nitrogen and oxygen atoms in total. The van der Waals surface area contributed by atoms with E-state index in [0.29, 0.717) is 8.55 Å². The molecule has 0 aromatic heterocycles. The van der Waals surface area contributed by atoms with E-state index >= 15 is 0 Å². The van der Waals surface area contributed by atoms with Gasteiger partial charge in [-0.2, -0.15) is 22.2 Å². The first-order valence-electron chi connectivity index (χ1n) is 0.878. The maximum absolute atomic E-state index is 5.29. The average molecular weight is 155 g/mol. The second kappa shape index (κ2) is 3.42. The summed E-state index contributed by atoms with van der Waals surface area (Å²) in [5.41, 5.74) is 0. The van der Waals surface area contributed by atoms with Crippen molar-refractivity contribution in [2.75, 3.05) is 0 Å². The van der Waals surface area contributed by atoms with Gasteiger partial charge < -0.3 is 0 Å². The Bertz CT molecular complexity index is 18.9. The van der Waals surface area contributed by atoms with Crippen LogP contribution in [0.5, 0.6) is 0 Å². The fraction of sp³-hybridized carbons (Fsp3) is 0. The maximum Gasteiger partial charge on any atom is 0.249 e. The van der Waals surface area contributed by atoms with Crippen LogP contribution in [0.4, 0.5) is 0 Å². The topological polar surface area (TPSA) is 0 Å². The second-order valence-corrected chi connectivity index (χ2v) is 10.4. The molecule has 0 atom stereocenters. The summed E-state index contributed by atoms with van der Waals surface area (Å²) in [6.07, 6.45) is 0. The molecular formula is Cl2Si3. The summed E-state index contributed by atoms with van der Waals surface area (Å²) < 4.78 is 0. The van der Waals surface area contributed by atoms with Crippen LogP contribution in [0.1, 0.15) is 0 Å². The normalized spacial score (nSPS) is 9.60. The Hall–Kier alpha value is 1.23. The summed E-state index contributed by atoms with van der Waals surface area (Å²) in [5.74, 6) is 0. The van der Waals surface area contributed by atoms with E-state index in [1.54, 1.807) is 0 Å². The van der Waals surface area contributed by atoms with Crippen molar-refractivity contribution < 1.29 is 0 Å². The van der Waals surface area contributed by atoms with Gasteiger partial charge in [0.15, 0.2) is 0 Å². The van der Waals surface area contributed by atoms with Crippen LogP contribution in [-0.4, -0.2) is 25.2 Å². The van der Waals surface area contributed by atoms with Gasteiger partial charge in [0.25, 0.3) is 0 Å². The van der Waals surface area contributed by atoms with Crippen molar-refractivity contribution in [2.24, 2.45) is 0 Å². The molecule has 0 N–H and O–H groups in total. The van der Waals surface area contributed by atoms with Crippen molar-refractivity contribution in [1.29, 1.82) is 0 Å². The van der Waals surface area contributed by atoms with Gasteiger partial charge in [-0.3, -0.25) is 0 Å². The predicted molar refractivity (Wildman–Crippen MR) is 29.0 cm³/mol. The Morgan fingerprint density at radius 1 is 1.60 bits per heavy atom. The third-order valence-electron chi connectivity index (χ3n) is 0.0945. The summed E-state index contributed by atoms with van der Waals surface area (Å²) in [7, 11) is 3.72. The highest BCUT2D eigenvalue weighted by atomic mass is 35.7. The quantitative estimate of drug-likeness (QED) is 0.376. The zero-order valence-corrected chi connectivity index (χ0v) is 6.77. The van der Waals surface area contributed by atoms with Crippen molar-refractivity contribution in [2.45, 2.75) is 0 Å². The Balaban J connectivity index is 2.54. The minimum absolute atomic E-state index is 0.552. The van der Waals surface area contributed by atoms with Crippen molar-refractivity contribution in [1.82, 2.24) is 0 Å². The molecule has 0 aromatic rings. The molecule has 0 heterocycles. The van der Waals surface area contributed by atoms with Crippen molar-refractivity contribution in [3.63, 3.8) is 0 Å². The van der Waals surface area contributed by atoms with Gasteiger partial charge in [-0.05, 0) is 0 Å². The number of hydrogen-bond acceptors (Lipinski definition) is 0. The highest BCUT2D eigenvalue weighted by Gasteiger charge is 1.94. The second-order valence-electron chi connectivity index (χ2n) is 0.385. The lowest BCUT2D eigenvalue weighted by Gasteiger charge is -1.77. The Morgan fingerprint density at radius 2 is 1.80 bits per heavy atom. The van der Waals surface area contributed by atoms with Crippen molar-refractivity contribution >= 4 is 47.4 Å². The van der Waals surface area contributed by atoms with Gasteiger partial charge in [0.1, 0.15) is 0 Å². The van der Waals surface area contributed by atoms with Crippen LogP contribution in [0.25, 0.3) is 0 Å². The van der Waals surface area contributed by atoms with Gasteiger partial charge in [0.05, 0.1) is 8.55 Å². The van der Waals surface area contributed by atoms with Crippen LogP contribution in [0.3, 0.4) is 0 Å². The van der Waals surface area contributed by atoms with Gasteiger partial charge in [-0.1, -0.05) is 0 Å². The molecule has 0 aromatic carbocycles. The van der Waals surface area contributed by atoms with Crippen LogP contribution in [0.2, 0.25) is 0 Å². The van der Waals surface area contributed by atoms with Crippen LogP contribution < -0.4 is 0 Å². The molecule has 0 aliphatic carbocycles. The summed E-state index contributed by atoms with van der Waals surface area (Å²) in [5, 5.41) is 0. The van der Waals surface area contributed by atoms with E-state index in [1.807, 2.05) is 0 Å². The van der Waals surface area contributed by atoms with Crippen LogP contribution in [0, 0.1) is 0 Å². The first-order valence-corrected chi connectivity index (χ1v) is 7.90. The van der Waals surface area contributed by atoms with Gasteiger partial charge in [-0.25, -0.2) is 0 Å². The molecule has 0 bridgehead atoms. The van der Waals surface area contributed by atoms with E-state index in [-0.39, 0.29) is 0 Å². The molecule has 0 rings (SSSR count). The lowest BCUT2D eigenvalue weighted by atomic mass is 26.6. The molecule has 0 amide bonds. The van der Waals surface area contributed by atoms with Crippen LogP contribution in [-0.2, 0) is 0 Å². The molecule has 6 radical (unpaired) electrons. The molecule has 0 unspecified atom stereocenters. The zero-order valence-electron chi connectivity index (χ0n) is 2.26. The lowest BCUT2D eigenvalue weighted by Crippen LogP contribution is -2.05. The van der Waals surface area contributed by atoms with Gasteiger partial charge in [0, 0.05) is 9.76 Å². The van der Waals surface area contributed by atoms with E-state index < -0.39 is 6.93 Å². The smallest absolute Gasteiger partial charge is 0.152 e. The Morgan fingerprint density at radius 3 is 1.80 bits per heavy atom. The third-order valence-corrected chi connectivity index (χ3v) is 7.65. The molecule has 5 heavy (non-hydrogen) atoms. The van der Waals surface area contributed by atoms with E-state index in [1.165, 1.54) is 0 Å². The standard InChI is InChI=1S/Cl2Si3/c1-5(2)4-3. The Kier molecular flexibility index (Phi) is 4.26. The Labute approximate surface area is 47.7 Å². The zero-order chi connectivity index (χ0) is 4.28. The number of rotatable bonds is 1.